The molecule has 1 nitrogen and oxygen atoms in total. The lowest BCUT2D eigenvalue weighted by molar-refractivity contribution is 0.547. The first-order valence-corrected chi connectivity index (χ1v) is 7.88. The summed E-state index contributed by atoms with van der Waals surface area (Å²) < 4.78 is 0. The van der Waals surface area contributed by atoms with E-state index in [0.29, 0.717) is 6.04 Å². The van der Waals surface area contributed by atoms with Gasteiger partial charge >= 0.3 is 0 Å². The van der Waals surface area contributed by atoms with Crippen molar-refractivity contribution in [2.75, 3.05) is 6.54 Å². The molecule has 0 amide bonds. The summed E-state index contributed by atoms with van der Waals surface area (Å²) in [5.74, 6) is 0. The van der Waals surface area contributed by atoms with Gasteiger partial charge in [0, 0.05) is 6.04 Å². The molecule has 0 aliphatic heterocycles. The Labute approximate surface area is 129 Å². The zero-order chi connectivity index (χ0) is 15.4. The first-order valence-electron chi connectivity index (χ1n) is 7.88. The van der Waals surface area contributed by atoms with Gasteiger partial charge in [-0.25, -0.2) is 0 Å². The maximum atomic E-state index is 3.65. The smallest absolute Gasteiger partial charge is 0.0363 e. The van der Waals surface area contributed by atoms with E-state index >= 15 is 0 Å². The van der Waals surface area contributed by atoms with Crippen LogP contribution >= 0.6 is 0 Å². The van der Waals surface area contributed by atoms with E-state index in [0.717, 1.165) is 13.0 Å². The number of rotatable bonds is 5. The Morgan fingerprint density at radius 2 is 1.62 bits per heavy atom. The molecule has 2 aromatic carbocycles. The predicted octanol–water partition coefficient (Wildman–Crippen LogP) is 4.81. The summed E-state index contributed by atoms with van der Waals surface area (Å²) in [4.78, 5) is 0. The van der Waals surface area contributed by atoms with E-state index in [1.165, 1.54) is 33.4 Å². The van der Waals surface area contributed by atoms with E-state index in [4.69, 9.17) is 0 Å². The fourth-order valence-corrected chi connectivity index (χ4v) is 3.11. The average Bonchev–Trinajstić information content (AvgIpc) is 2.40. The van der Waals surface area contributed by atoms with E-state index in [1.54, 1.807) is 0 Å². The molecule has 1 heteroatoms. The third-order valence-corrected chi connectivity index (χ3v) is 4.19. The molecule has 2 rings (SSSR count). The van der Waals surface area contributed by atoms with Gasteiger partial charge in [-0.05, 0) is 62.9 Å². The molecule has 1 unspecified atom stereocenters. The summed E-state index contributed by atoms with van der Waals surface area (Å²) >= 11 is 0. The second-order valence-corrected chi connectivity index (χ2v) is 6.10. The minimum atomic E-state index is 0.385. The normalized spacial score (nSPS) is 12.4. The average molecular weight is 281 g/mol. The number of aryl methyl sites for hydroxylation is 3. The van der Waals surface area contributed by atoms with Gasteiger partial charge in [-0.15, -0.1) is 0 Å². The molecule has 112 valence electrons. The quantitative estimate of drug-likeness (QED) is 0.829. The molecule has 0 aliphatic carbocycles. The summed E-state index contributed by atoms with van der Waals surface area (Å²) in [6, 6.07) is 13.9. The van der Waals surface area contributed by atoms with Crippen LogP contribution in [0.2, 0.25) is 0 Å². The molecular formula is C20H27N. The van der Waals surface area contributed by atoms with E-state index in [9.17, 15) is 0 Å². The van der Waals surface area contributed by atoms with Crippen LogP contribution in [0.3, 0.4) is 0 Å². The molecule has 0 heterocycles. The zero-order valence-electron chi connectivity index (χ0n) is 14.0. The van der Waals surface area contributed by atoms with Gasteiger partial charge in [0.1, 0.15) is 0 Å². The molecule has 0 aliphatic rings. The monoisotopic (exact) mass is 281 g/mol. The van der Waals surface area contributed by atoms with Crippen LogP contribution in [-0.2, 0) is 6.42 Å². The van der Waals surface area contributed by atoms with Gasteiger partial charge in [-0.3, -0.25) is 0 Å². The molecule has 0 saturated carbocycles. The molecule has 0 aromatic heterocycles. The van der Waals surface area contributed by atoms with Crippen molar-refractivity contribution in [2.24, 2.45) is 0 Å². The maximum absolute atomic E-state index is 3.65. The van der Waals surface area contributed by atoms with Crippen molar-refractivity contribution in [3.8, 4) is 0 Å². The van der Waals surface area contributed by atoms with Gasteiger partial charge in [0.25, 0.3) is 0 Å². The van der Waals surface area contributed by atoms with Gasteiger partial charge < -0.3 is 5.32 Å². The molecular weight excluding hydrogens is 254 g/mol. The SMILES string of the molecule is CCNC(Cc1cc(C)cc(C)c1)c1cccc(C)c1C. The first-order chi connectivity index (χ1) is 10.0. The van der Waals surface area contributed by atoms with Crippen molar-refractivity contribution in [3.63, 3.8) is 0 Å². The highest BCUT2D eigenvalue weighted by Gasteiger charge is 2.14. The molecule has 21 heavy (non-hydrogen) atoms. The highest BCUT2D eigenvalue weighted by atomic mass is 14.9. The summed E-state index contributed by atoms with van der Waals surface area (Å²) in [6.07, 6.45) is 1.04. The lowest BCUT2D eigenvalue weighted by Crippen LogP contribution is -2.24. The Hall–Kier alpha value is -1.60. The molecule has 2 aromatic rings. The highest BCUT2D eigenvalue weighted by Crippen LogP contribution is 2.24. The largest absolute Gasteiger partial charge is 0.310 e. The molecule has 0 bridgehead atoms. The lowest BCUT2D eigenvalue weighted by Gasteiger charge is -2.22. The second kappa shape index (κ2) is 6.91. The maximum Gasteiger partial charge on any atom is 0.0363 e. The number of benzene rings is 2. The van der Waals surface area contributed by atoms with Crippen molar-refractivity contribution >= 4 is 0 Å². The molecule has 0 saturated heterocycles. The molecule has 1 N–H and O–H groups in total. The highest BCUT2D eigenvalue weighted by molar-refractivity contribution is 5.37. The topological polar surface area (TPSA) is 12.0 Å². The Bertz CT molecular complexity index is 593. The van der Waals surface area contributed by atoms with E-state index in [1.807, 2.05) is 0 Å². The third kappa shape index (κ3) is 3.95. The van der Waals surface area contributed by atoms with Gasteiger partial charge in [-0.2, -0.15) is 0 Å². The van der Waals surface area contributed by atoms with E-state index in [-0.39, 0.29) is 0 Å². The van der Waals surface area contributed by atoms with Crippen LogP contribution in [0.25, 0.3) is 0 Å². The van der Waals surface area contributed by atoms with Crippen molar-refractivity contribution in [1.29, 1.82) is 0 Å². The van der Waals surface area contributed by atoms with Crippen LogP contribution in [0.1, 0.15) is 46.3 Å². The predicted molar refractivity (Wildman–Crippen MR) is 92.0 cm³/mol. The first kappa shape index (κ1) is 15.8. The van der Waals surface area contributed by atoms with Crippen LogP contribution in [-0.4, -0.2) is 6.54 Å². The summed E-state index contributed by atoms with van der Waals surface area (Å²) in [7, 11) is 0. The summed E-state index contributed by atoms with van der Waals surface area (Å²) in [5.41, 5.74) is 8.32. The number of hydrogen-bond donors (Lipinski definition) is 1. The summed E-state index contributed by atoms with van der Waals surface area (Å²) in [5, 5.41) is 3.65. The minimum Gasteiger partial charge on any atom is -0.310 e. The standard InChI is InChI=1S/C20H27N/c1-6-21-20(19-9-7-8-16(4)17(19)5)13-18-11-14(2)10-15(3)12-18/h7-12,20-21H,6,13H2,1-5H3. The fraction of sp³-hybridized carbons (Fsp3) is 0.400. The zero-order valence-corrected chi connectivity index (χ0v) is 14.0. The van der Waals surface area contributed by atoms with Gasteiger partial charge in [0.15, 0.2) is 0 Å². The molecule has 0 fully saturated rings. The fourth-order valence-electron chi connectivity index (χ4n) is 3.11. The second-order valence-electron chi connectivity index (χ2n) is 6.10. The van der Waals surface area contributed by atoms with Crippen LogP contribution < -0.4 is 5.32 Å². The third-order valence-electron chi connectivity index (χ3n) is 4.19. The number of nitrogens with one attached hydrogen (secondary N) is 1. The van der Waals surface area contributed by atoms with Crippen molar-refractivity contribution < 1.29 is 0 Å². The van der Waals surface area contributed by atoms with Crippen molar-refractivity contribution in [2.45, 2.75) is 47.1 Å². The minimum absolute atomic E-state index is 0.385. The van der Waals surface area contributed by atoms with Crippen LogP contribution in [0.4, 0.5) is 0 Å². The van der Waals surface area contributed by atoms with E-state index < -0.39 is 0 Å². The molecule has 0 spiro atoms. The van der Waals surface area contributed by atoms with Gasteiger partial charge in [0.05, 0.1) is 0 Å². The Morgan fingerprint density at radius 1 is 0.952 bits per heavy atom. The van der Waals surface area contributed by atoms with Gasteiger partial charge in [0.2, 0.25) is 0 Å². The lowest BCUT2D eigenvalue weighted by atomic mass is 9.92. The van der Waals surface area contributed by atoms with Crippen LogP contribution in [0, 0.1) is 27.7 Å². The number of likely N-dealkylation sites (N-methyl/N-ethyl adjacent to an activating group) is 1. The van der Waals surface area contributed by atoms with Crippen LogP contribution in [0.5, 0.6) is 0 Å². The van der Waals surface area contributed by atoms with Crippen molar-refractivity contribution in [1.82, 2.24) is 5.32 Å². The Balaban J connectivity index is 2.32. The van der Waals surface area contributed by atoms with Gasteiger partial charge in [-0.1, -0.05) is 54.4 Å². The Morgan fingerprint density at radius 3 is 2.24 bits per heavy atom. The molecule has 1 atom stereocenters. The van der Waals surface area contributed by atoms with E-state index in [2.05, 4.69) is 76.3 Å². The molecule has 0 radical (unpaired) electrons. The van der Waals surface area contributed by atoms with Crippen LogP contribution in [0.15, 0.2) is 36.4 Å². The number of hydrogen-bond acceptors (Lipinski definition) is 1. The Kier molecular flexibility index (Phi) is 5.19. The van der Waals surface area contributed by atoms with Crippen molar-refractivity contribution in [3.05, 3.63) is 69.8 Å². The summed E-state index contributed by atoms with van der Waals surface area (Å²) in [6.45, 7) is 11.9.